The molecule has 0 aliphatic rings. The van der Waals surface area contributed by atoms with Crippen LogP contribution < -0.4 is 5.73 Å². The van der Waals surface area contributed by atoms with Crippen molar-refractivity contribution in [3.63, 3.8) is 0 Å². The van der Waals surface area contributed by atoms with E-state index in [0.717, 1.165) is 12.1 Å². The van der Waals surface area contributed by atoms with Gasteiger partial charge >= 0.3 is 6.18 Å². The van der Waals surface area contributed by atoms with Gasteiger partial charge in [-0.3, -0.25) is 4.98 Å². The number of nitrogens with one attached hydrogen (secondary N) is 1. The molecular formula is C14H10F3N3. The monoisotopic (exact) mass is 277 g/mol. The maximum atomic E-state index is 12.8. The first kappa shape index (κ1) is 12.5. The number of alkyl halides is 3. The zero-order chi connectivity index (χ0) is 14.3. The molecule has 3 nitrogen and oxygen atoms in total. The number of hydrogen-bond acceptors (Lipinski definition) is 2. The number of aromatic amines is 1. The SMILES string of the molecule is Nc1ccc(-c2c[nH]c3ccc(C(F)(F)F)cc23)nc1. The van der Waals surface area contributed by atoms with Crippen molar-refractivity contribution in [3.05, 3.63) is 48.3 Å². The molecule has 3 aromatic rings. The van der Waals surface area contributed by atoms with E-state index in [4.69, 9.17) is 5.73 Å². The van der Waals surface area contributed by atoms with Gasteiger partial charge in [-0.05, 0) is 30.3 Å². The normalized spacial score (nSPS) is 11.9. The molecule has 0 aliphatic heterocycles. The molecule has 3 N–H and O–H groups in total. The summed E-state index contributed by atoms with van der Waals surface area (Å²) in [6.07, 6.45) is -1.25. The molecule has 0 amide bonds. The van der Waals surface area contributed by atoms with Crippen LogP contribution in [-0.2, 0) is 6.18 Å². The molecule has 0 radical (unpaired) electrons. The summed E-state index contributed by atoms with van der Waals surface area (Å²) >= 11 is 0. The molecule has 0 bridgehead atoms. The molecule has 3 rings (SSSR count). The molecule has 102 valence electrons. The summed E-state index contributed by atoms with van der Waals surface area (Å²) in [6, 6.07) is 6.93. The summed E-state index contributed by atoms with van der Waals surface area (Å²) < 4.78 is 38.3. The number of halogens is 3. The van der Waals surface area contributed by atoms with Crippen molar-refractivity contribution in [2.45, 2.75) is 6.18 Å². The number of H-pyrrole nitrogens is 1. The minimum atomic E-state index is -4.36. The van der Waals surface area contributed by atoms with Crippen molar-refractivity contribution in [2.24, 2.45) is 0 Å². The molecule has 0 fully saturated rings. The van der Waals surface area contributed by atoms with Crippen LogP contribution in [0.5, 0.6) is 0 Å². The quantitative estimate of drug-likeness (QED) is 0.710. The average molecular weight is 277 g/mol. The molecule has 0 saturated carbocycles. The Morgan fingerprint density at radius 1 is 1.10 bits per heavy atom. The number of hydrogen-bond donors (Lipinski definition) is 2. The Morgan fingerprint density at radius 3 is 2.55 bits per heavy atom. The van der Waals surface area contributed by atoms with E-state index in [1.165, 1.54) is 12.3 Å². The number of benzene rings is 1. The van der Waals surface area contributed by atoms with Gasteiger partial charge in [-0.15, -0.1) is 0 Å². The van der Waals surface area contributed by atoms with Crippen LogP contribution in [-0.4, -0.2) is 9.97 Å². The van der Waals surface area contributed by atoms with Gasteiger partial charge in [-0.1, -0.05) is 0 Å². The van der Waals surface area contributed by atoms with Gasteiger partial charge in [-0.25, -0.2) is 0 Å². The van der Waals surface area contributed by atoms with Gasteiger partial charge in [0.2, 0.25) is 0 Å². The fraction of sp³-hybridized carbons (Fsp3) is 0.0714. The molecule has 0 saturated heterocycles. The second-order valence-corrected chi connectivity index (χ2v) is 4.44. The van der Waals surface area contributed by atoms with Crippen LogP contribution in [0.4, 0.5) is 18.9 Å². The van der Waals surface area contributed by atoms with E-state index in [1.807, 2.05) is 0 Å². The topological polar surface area (TPSA) is 54.7 Å². The third-order valence-electron chi connectivity index (χ3n) is 3.07. The highest BCUT2D eigenvalue weighted by Crippen LogP contribution is 2.34. The predicted molar refractivity (Wildman–Crippen MR) is 70.9 cm³/mol. The highest BCUT2D eigenvalue weighted by Gasteiger charge is 2.30. The lowest BCUT2D eigenvalue weighted by Crippen LogP contribution is -2.04. The number of pyridine rings is 1. The van der Waals surface area contributed by atoms with Crippen LogP contribution in [0.25, 0.3) is 22.2 Å². The molecular weight excluding hydrogens is 267 g/mol. The molecule has 0 aliphatic carbocycles. The number of fused-ring (bicyclic) bond motifs is 1. The van der Waals surface area contributed by atoms with Crippen LogP contribution in [0, 0.1) is 0 Å². The summed E-state index contributed by atoms with van der Waals surface area (Å²) in [4.78, 5) is 7.08. The van der Waals surface area contributed by atoms with Gasteiger partial charge in [-0.2, -0.15) is 13.2 Å². The molecule has 0 atom stereocenters. The number of rotatable bonds is 1. The zero-order valence-electron chi connectivity index (χ0n) is 10.2. The zero-order valence-corrected chi connectivity index (χ0v) is 10.2. The van der Waals surface area contributed by atoms with Crippen LogP contribution in [0.15, 0.2) is 42.7 Å². The largest absolute Gasteiger partial charge is 0.416 e. The van der Waals surface area contributed by atoms with Crippen LogP contribution in [0.1, 0.15) is 5.56 Å². The first-order valence-corrected chi connectivity index (χ1v) is 5.85. The van der Waals surface area contributed by atoms with Crippen LogP contribution in [0.3, 0.4) is 0 Å². The van der Waals surface area contributed by atoms with Crippen molar-refractivity contribution in [1.82, 2.24) is 9.97 Å². The molecule has 6 heteroatoms. The summed E-state index contributed by atoms with van der Waals surface area (Å²) in [5, 5.41) is 0.483. The Labute approximate surface area is 112 Å². The van der Waals surface area contributed by atoms with Gasteiger partial charge < -0.3 is 10.7 Å². The second kappa shape index (κ2) is 4.26. The third-order valence-corrected chi connectivity index (χ3v) is 3.07. The molecule has 1 aromatic carbocycles. The Morgan fingerprint density at radius 2 is 1.90 bits per heavy atom. The van der Waals surface area contributed by atoms with E-state index < -0.39 is 11.7 Å². The first-order valence-electron chi connectivity index (χ1n) is 5.85. The number of aromatic nitrogens is 2. The Kier molecular flexibility index (Phi) is 2.67. The molecule has 0 spiro atoms. The lowest BCUT2D eigenvalue weighted by Gasteiger charge is -2.07. The summed E-state index contributed by atoms with van der Waals surface area (Å²) in [6.45, 7) is 0. The van der Waals surface area contributed by atoms with Crippen LogP contribution in [0.2, 0.25) is 0 Å². The van der Waals surface area contributed by atoms with E-state index in [0.29, 0.717) is 27.8 Å². The average Bonchev–Trinajstić information content (AvgIpc) is 2.81. The first-order chi connectivity index (χ1) is 9.45. The van der Waals surface area contributed by atoms with Crippen molar-refractivity contribution < 1.29 is 13.2 Å². The summed E-state index contributed by atoms with van der Waals surface area (Å²) in [5.41, 5.74) is 7.20. The maximum absolute atomic E-state index is 12.8. The maximum Gasteiger partial charge on any atom is 0.416 e. The van der Waals surface area contributed by atoms with Gasteiger partial charge in [0.1, 0.15) is 0 Å². The number of nitrogen functional groups attached to an aromatic ring is 1. The lowest BCUT2D eigenvalue weighted by atomic mass is 10.1. The van der Waals surface area contributed by atoms with Gasteiger partial charge in [0.25, 0.3) is 0 Å². The lowest BCUT2D eigenvalue weighted by molar-refractivity contribution is -0.137. The Bertz CT molecular complexity index is 757. The minimum Gasteiger partial charge on any atom is -0.397 e. The van der Waals surface area contributed by atoms with E-state index in [-0.39, 0.29) is 0 Å². The van der Waals surface area contributed by atoms with Gasteiger partial charge in [0.05, 0.1) is 23.1 Å². The smallest absolute Gasteiger partial charge is 0.397 e. The van der Waals surface area contributed by atoms with Gasteiger partial charge in [0, 0.05) is 22.7 Å². The van der Waals surface area contributed by atoms with Crippen molar-refractivity contribution in [3.8, 4) is 11.3 Å². The van der Waals surface area contributed by atoms with Crippen molar-refractivity contribution >= 4 is 16.6 Å². The molecule has 2 aromatic heterocycles. The minimum absolute atomic E-state index is 0.483. The van der Waals surface area contributed by atoms with E-state index >= 15 is 0 Å². The van der Waals surface area contributed by atoms with Crippen LogP contribution >= 0.6 is 0 Å². The molecule has 20 heavy (non-hydrogen) atoms. The number of nitrogens with zero attached hydrogens (tertiary/aromatic N) is 1. The fourth-order valence-corrected chi connectivity index (χ4v) is 2.07. The van der Waals surface area contributed by atoms with Crippen molar-refractivity contribution in [2.75, 3.05) is 5.73 Å². The highest BCUT2D eigenvalue weighted by molar-refractivity contribution is 5.95. The fourth-order valence-electron chi connectivity index (χ4n) is 2.07. The predicted octanol–water partition coefficient (Wildman–Crippen LogP) is 3.83. The van der Waals surface area contributed by atoms with E-state index in [9.17, 15) is 13.2 Å². The standard InChI is InChI=1S/C14H10F3N3/c15-14(16,17)8-1-3-12-10(5-8)11(7-20-12)13-4-2-9(18)6-19-13/h1-7,20H,18H2. The number of anilines is 1. The molecule has 0 unspecified atom stereocenters. The van der Waals surface area contributed by atoms with E-state index in [1.54, 1.807) is 18.3 Å². The molecule has 2 heterocycles. The van der Waals surface area contributed by atoms with E-state index in [2.05, 4.69) is 9.97 Å². The van der Waals surface area contributed by atoms with Crippen molar-refractivity contribution in [1.29, 1.82) is 0 Å². The Balaban J connectivity index is 2.19. The Hall–Kier alpha value is -2.50. The third kappa shape index (κ3) is 2.09. The summed E-state index contributed by atoms with van der Waals surface area (Å²) in [7, 11) is 0. The highest BCUT2D eigenvalue weighted by atomic mass is 19.4. The second-order valence-electron chi connectivity index (χ2n) is 4.44. The number of nitrogens with two attached hydrogens (primary N) is 1. The summed E-state index contributed by atoms with van der Waals surface area (Å²) in [5.74, 6) is 0. The van der Waals surface area contributed by atoms with Gasteiger partial charge in [0.15, 0.2) is 0 Å².